The van der Waals surface area contributed by atoms with Gasteiger partial charge in [-0.15, -0.1) is 0 Å². The van der Waals surface area contributed by atoms with Crippen molar-refractivity contribution in [2.24, 2.45) is 0 Å². The van der Waals surface area contributed by atoms with Gasteiger partial charge in [0.1, 0.15) is 11.5 Å². The molecule has 29 heavy (non-hydrogen) atoms. The Bertz CT molecular complexity index is 971. The molecule has 1 aliphatic heterocycles. The van der Waals surface area contributed by atoms with Crippen LogP contribution < -0.4 is 14.4 Å². The molecule has 0 atom stereocenters. The summed E-state index contributed by atoms with van der Waals surface area (Å²) in [6.07, 6.45) is 1.70. The van der Waals surface area contributed by atoms with Gasteiger partial charge < -0.3 is 14.2 Å². The van der Waals surface area contributed by atoms with E-state index in [9.17, 15) is 9.59 Å². The van der Waals surface area contributed by atoms with E-state index in [1.54, 1.807) is 70.5 Å². The summed E-state index contributed by atoms with van der Waals surface area (Å²) in [5.41, 5.74) is 2.51. The van der Waals surface area contributed by atoms with Gasteiger partial charge in [0.15, 0.2) is 0 Å². The molecule has 0 spiro atoms. The molecule has 150 valence electrons. The van der Waals surface area contributed by atoms with Crippen LogP contribution in [0.2, 0.25) is 0 Å². The minimum atomic E-state index is -0.519. The lowest BCUT2D eigenvalue weighted by molar-refractivity contribution is -0.138. The minimum absolute atomic E-state index is 0.224. The highest BCUT2D eigenvalue weighted by molar-refractivity contribution is 6.23. The molecule has 0 aliphatic carbocycles. The largest absolute Gasteiger partial charge is 0.497 e. The Morgan fingerprint density at radius 1 is 0.966 bits per heavy atom. The average Bonchev–Trinajstić information content (AvgIpc) is 2.98. The first kappa shape index (κ1) is 20.2. The molecular formula is C23H23NO5. The number of esters is 1. The molecule has 0 unspecified atom stereocenters. The van der Waals surface area contributed by atoms with Crippen molar-refractivity contribution in [3.05, 3.63) is 70.9 Å². The van der Waals surface area contributed by atoms with E-state index < -0.39 is 5.97 Å². The molecule has 6 nitrogen and oxygen atoms in total. The second kappa shape index (κ2) is 8.65. The van der Waals surface area contributed by atoms with Crippen LogP contribution in [0.3, 0.4) is 0 Å². The first-order valence-corrected chi connectivity index (χ1v) is 9.22. The van der Waals surface area contributed by atoms with Crippen molar-refractivity contribution < 1.29 is 23.8 Å². The topological polar surface area (TPSA) is 65.1 Å². The van der Waals surface area contributed by atoms with Crippen LogP contribution in [-0.2, 0) is 14.3 Å². The van der Waals surface area contributed by atoms with E-state index >= 15 is 0 Å². The van der Waals surface area contributed by atoms with Gasteiger partial charge in [-0.3, -0.25) is 9.69 Å². The Morgan fingerprint density at radius 3 is 2.03 bits per heavy atom. The van der Waals surface area contributed by atoms with Crippen molar-refractivity contribution >= 4 is 23.6 Å². The first-order chi connectivity index (χ1) is 14.0. The fraction of sp³-hybridized carbons (Fsp3) is 0.217. The quantitative estimate of drug-likeness (QED) is 0.549. The van der Waals surface area contributed by atoms with Crippen molar-refractivity contribution in [1.82, 2.24) is 0 Å². The molecule has 1 aliphatic rings. The lowest BCUT2D eigenvalue weighted by Crippen LogP contribution is -2.24. The number of carbonyl (C=O) groups is 2. The maximum absolute atomic E-state index is 13.3. The summed E-state index contributed by atoms with van der Waals surface area (Å²) < 4.78 is 15.6. The number of methoxy groups -OCH3 is 2. The van der Waals surface area contributed by atoms with Crippen LogP contribution in [0, 0.1) is 0 Å². The summed E-state index contributed by atoms with van der Waals surface area (Å²) in [4.78, 5) is 27.4. The second-order valence-electron chi connectivity index (χ2n) is 6.35. The first-order valence-electron chi connectivity index (χ1n) is 9.22. The molecule has 6 heteroatoms. The molecule has 3 rings (SSSR count). The van der Waals surface area contributed by atoms with Crippen LogP contribution in [0.15, 0.2) is 65.4 Å². The number of anilines is 1. The van der Waals surface area contributed by atoms with Crippen molar-refractivity contribution in [2.75, 3.05) is 25.7 Å². The number of amides is 1. The smallest absolute Gasteiger partial charge is 0.340 e. The van der Waals surface area contributed by atoms with Gasteiger partial charge in [-0.1, -0.05) is 12.1 Å². The zero-order valence-electron chi connectivity index (χ0n) is 16.9. The molecule has 0 bridgehead atoms. The number of rotatable bonds is 6. The highest BCUT2D eigenvalue weighted by Gasteiger charge is 2.38. The summed E-state index contributed by atoms with van der Waals surface area (Å²) in [6.45, 7) is 3.70. The SMILES string of the molecule is CCOC(=O)C1=C(C)N(c2ccc(OC)cc2)C(=O)/C1=C\c1ccc(OC)cc1. The van der Waals surface area contributed by atoms with E-state index in [0.717, 1.165) is 5.56 Å². The van der Waals surface area contributed by atoms with Gasteiger partial charge in [-0.2, -0.15) is 0 Å². The number of benzene rings is 2. The number of carbonyl (C=O) groups excluding carboxylic acids is 2. The third-order valence-corrected chi connectivity index (χ3v) is 4.64. The van der Waals surface area contributed by atoms with Gasteiger partial charge >= 0.3 is 5.97 Å². The summed E-state index contributed by atoms with van der Waals surface area (Å²) in [7, 11) is 3.17. The van der Waals surface area contributed by atoms with Gasteiger partial charge in [0, 0.05) is 11.4 Å². The molecular weight excluding hydrogens is 370 g/mol. The van der Waals surface area contributed by atoms with E-state index in [2.05, 4.69) is 0 Å². The van der Waals surface area contributed by atoms with Crippen LogP contribution >= 0.6 is 0 Å². The molecule has 2 aromatic carbocycles. The van der Waals surface area contributed by atoms with Crippen molar-refractivity contribution in [3.8, 4) is 11.5 Å². The van der Waals surface area contributed by atoms with Gasteiger partial charge in [0.05, 0.1) is 32.0 Å². The summed E-state index contributed by atoms with van der Waals surface area (Å²) in [6, 6.07) is 14.3. The minimum Gasteiger partial charge on any atom is -0.497 e. The molecule has 0 saturated carbocycles. The van der Waals surface area contributed by atoms with Gasteiger partial charge in [0.2, 0.25) is 0 Å². The predicted molar refractivity (Wildman–Crippen MR) is 111 cm³/mol. The van der Waals surface area contributed by atoms with Crippen LogP contribution in [-0.4, -0.2) is 32.7 Å². The molecule has 0 aromatic heterocycles. The summed E-state index contributed by atoms with van der Waals surface area (Å²) in [5.74, 6) is 0.587. The maximum Gasteiger partial charge on any atom is 0.340 e. The van der Waals surface area contributed by atoms with E-state index in [-0.39, 0.29) is 18.1 Å². The van der Waals surface area contributed by atoms with Crippen molar-refractivity contribution in [1.29, 1.82) is 0 Å². The number of ether oxygens (including phenoxy) is 3. The fourth-order valence-corrected chi connectivity index (χ4v) is 3.19. The molecule has 0 fully saturated rings. The Hall–Kier alpha value is -3.54. The normalized spacial score (nSPS) is 15.1. The van der Waals surface area contributed by atoms with Crippen LogP contribution in [0.5, 0.6) is 11.5 Å². The van der Waals surface area contributed by atoms with Crippen LogP contribution in [0.4, 0.5) is 5.69 Å². The van der Waals surface area contributed by atoms with Crippen molar-refractivity contribution in [2.45, 2.75) is 13.8 Å². The van der Waals surface area contributed by atoms with Gasteiger partial charge in [-0.25, -0.2) is 4.79 Å². The van der Waals surface area contributed by atoms with Gasteiger partial charge in [0.25, 0.3) is 5.91 Å². The molecule has 0 N–H and O–H groups in total. The lowest BCUT2D eigenvalue weighted by Gasteiger charge is -2.18. The zero-order chi connectivity index (χ0) is 21.0. The number of nitrogens with zero attached hydrogens (tertiary/aromatic N) is 1. The highest BCUT2D eigenvalue weighted by Crippen LogP contribution is 2.36. The Kier molecular flexibility index (Phi) is 6.02. The summed E-state index contributed by atoms with van der Waals surface area (Å²) in [5, 5.41) is 0. The lowest BCUT2D eigenvalue weighted by atomic mass is 10.0. The third kappa shape index (κ3) is 4.01. The zero-order valence-corrected chi connectivity index (χ0v) is 16.9. The molecule has 1 amide bonds. The monoisotopic (exact) mass is 393 g/mol. The van der Waals surface area contributed by atoms with E-state index in [4.69, 9.17) is 14.2 Å². The number of hydrogen-bond donors (Lipinski definition) is 0. The Morgan fingerprint density at radius 2 is 1.52 bits per heavy atom. The maximum atomic E-state index is 13.3. The van der Waals surface area contributed by atoms with Crippen LogP contribution in [0.25, 0.3) is 6.08 Å². The number of allylic oxidation sites excluding steroid dienone is 1. The summed E-state index contributed by atoms with van der Waals surface area (Å²) >= 11 is 0. The van der Waals surface area contributed by atoms with Crippen LogP contribution in [0.1, 0.15) is 19.4 Å². The van der Waals surface area contributed by atoms with Gasteiger partial charge in [-0.05, 0) is 61.9 Å². The Balaban J connectivity index is 2.07. The molecule has 1 heterocycles. The second-order valence-corrected chi connectivity index (χ2v) is 6.35. The number of hydrogen-bond acceptors (Lipinski definition) is 5. The fourth-order valence-electron chi connectivity index (χ4n) is 3.19. The van der Waals surface area contributed by atoms with E-state index in [0.29, 0.717) is 28.5 Å². The predicted octanol–water partition coefficient (Wildman–Crippen LogP) is 3.97. The Labute approximate surface area is 170 Å². The van der Waals surface area contributed by atoms with E-state index in [1.807, 2.05) is 12.1 Å². The highest BCUT2D eigenvalue weighted by atomic mass is 16.5. The van der Waals surface area contributed by atoms with Crippen molar-refractivity contribution in [3.63, 3.8) is 0 Å². The third-order valence-electron chi connectivity index (χ3n) is 4.64. The average molecular weight is 393 g/mol. The molecule has 0 saturated heterocycles. The standard InChI is InChI=1S/C23H23NO5/c1-5-29-23(26)21-15(2)24(17-8-12-19(28-4)13-9-17)22(25)20(21)14-16-6-10-18(27-3)11-7-16/h6-14H,5H2,1-4H3/b20-14-. The van der Waals surface area contributed by atoms with E-state index in [1.165, 1.54) is 4.90 Å². The molecule has 0 radical (unpaired) electrons. The molecule has 2 aromatic rings.